The molecule has 82 valence electrons. The monoisotopic (exact) mass is 196 g/mol. The van der Waals surface area contributed by atoms with Gasteiger partial charge in [0.2, 0.25) is 0 Å². The smallest absolute Gasteiger partial charge is 0.102 e. The topological polar surface area (TPSA) is 24.4 Å². The van der Waals surface area contributed by atoms with Crippen LogP contribution >= 0.6 is 0 Å². The SMILES string of the molecule is CCCC(C)C1N=C(CC(C)C)CN1. The predicted octanol–water partition coefficient (Wildman–Crippen LogP) is 2.84. The molecule has 0 saturated carbocycles. The Hall–Kier alpha value is -0.370. The molecule has 0 aromatic heterocycles. The second kappa shape index (κ2) is 5.50. The third kappa shape index (κ3) is 3.41. The van der Waals surface area contributed by atoms with Crippen LogP contribution in [0.4, 0.5) is 0 Å². The normalized spacial score (nSPS) is 24.1. The molecule has 14 heavy (non-hydrogen) atoms. The largest absolute Gasteiger partial charge is 0.290 e. The van der Waals surface area contributed by atoms with Gasteiger partial charge in [-0.25, -0.2) is 0 Å². The van der Waals surface area contributed by atoms with Crippen molar-refractivity contribution in [2.24, 2.45) is 16.8 Å². The van der Waals surface area contributed by atoms with Crippen LogP contribution in [0.5, 0.6) is 0 Å². The first-order chi connectivity index (χ1) is 6.63. The summed E-state index contributed by atoms with van der Waals surface area (Å²) in [6.45, 7) is 10.1. The van der Waals surface area contributed by atoms with Gasteiger partial charge in [0.15, 0.2) is 0 Å². The number of nitrogens with zero attached hydrogens (tertiary/aromatic N) is 1. The second-order valence-corrected chi connectivity index (χ2v) is 4.88. The summed E-state index contributed by atoms with van der Waals surface area (Å²) >= 11 is 0. The maximum Gasteiger partial charge on any atom is 0.102 e. The van der Waals surface area contributed by atoms with Crippen LogP contribution in [0.2, 0.25) is 0 Å². The fraction of sp³-hybridized carbons (Fsp3) is 0.917. The molecule has 0 amide bonds. The van der Waals surface area contributed by atoms with E-state index < -0.39 is 0 Å². The molecule has 2 heteroatoms. The van der Waals surface area contributed by atoms with Crippen LogP contribution in [0.3, 0.4) is 0 Å². The van der Waals surface area contributed by atoms with Crippen molar-refractivity contribution in [1.29, 1.82) is 0 Å². The first-order valence-corrected chi connectivity index (χ1v) is 5.92. The van der Waals surface area contributed by atoms with Gasteiger partial charge in [0.25, 0.3) is 0 Å². The van der Waals surface area contributed by atoms with E-state index in [-0.39, 0.29) is 0 Å². The Kier molecular flexibility index (Phi) is 4.59. The van der Waals surface area contributed by atoms with Crippen molar-refractivity contribution >= 4 is 5.71 Å². The second-order valence-electron chi connectivity index (χ2n) is 4.88. The van der Waals surface area contributed by atoms with E-state index in [1.165, 1.54) is 18.6 Å². The quantitative estimate of drug-likeness (QED) is 0.718. The lowest BCUT2D eigenvalue weighted by molar-refractivity contribution is 0.393. The van der Waals surface area contributed by atoms with Crippen molar-refractivity contribution in [2.75, 3.05) is 6.54 Å². The molecule has 0 aromatic carbocycles. The number of aliphatic imine (C=N–C) groups is 1. The molecule has 2 atom stereocenters. The van der Waals surface area contributed by atoms with Crippen LogP contribution in [-0.4, -0.2) is 18.4 Å². The molecule has 0 bridgehead atoms. The molecule has 0 aromatic rings. The van der Waals surface area contributed by atoms with Gasteiger partial charge in [-0.2, -0.15) is 0 Å². The molecule has 2 unspecified atom stereocenters. The number of nitrogens with one attached hydrogen (secondary N) is 1. The molecular weight excluding hydrogens is 172 g/mol. The Morgan fingerprint density at radius 1 is 1.43 bits per heavy atom. The summed E-state index contributed by atoms with van der Waals surface area (Å²) in [6, 6.07) is 0. The van der Waals surface area contributed by atoms with E-state index in [2.05, 4.69) is 33.0 Å². The van der Waals surface area contributed by atoms with Gasteiger partial charge in [0.05, 0.1) is 0 Å². The van der Waals surface area contributed by atoms with Gasteiger partial charge in [-0.05, 0) is 24.7 Å². The van der Waals surface area contributed by atoms with E-state index >= 15 is 0 Å². The summed E-state index contributed by atoms with van der Waals surface area (Å²) in [6.07, 6.45) is 4.08. The van der Waals surface area contributed by atoms with Crippen molar-refractivity contribution < 1.29 is 0 Å². The van der Waals surface area contributed by atoms with Gasteiger partial charge in [-0.15, -0.1) is 0 Å². The number of hydrogen-bond acceptors (Lipinski definition) is 2. The van der Waals surface area contributed by atoms with Crippen molar-refractivity contribution in [1.82, 2.24) is 5.32 Å². The van der Waals surface area contributed by atoms with Gasteiger partial charge >= 0.3 is 0 Å². The highest BCUT2D eigenvalue weighted by Crippen LogP contribution is 2.16. The van der Waals surface area contributed by atoms with E-state index in [4.69, 9.17) is 4.99 Å². The van der Waals surface area contributed by atoms with E-state index in [0.29, 0.717) is 12.1 Å². The van der Waals surface area contributed by atoms with Gasteiger partial charge < -0.3 is 0 Å². The van der Waals surface area contributed by atoms with Gasteiger partial charge in [0, 0.05) is 12.3 Å². The highest BCUT2D eigenvalue weighted by molar-refractivity contribution is 5.88. The average Bonchev–Trinajstić information content (AvgIpc) is 2.52. The molecule has 1 heterocycles. The molecule has 1 aliphatic heterocycles. The molecule has 1 rings (SSSR count). The number of hydrogen-bond donors (Lipinski definition) is 1. The van der Waals surface area contributed by atoms with Crippen LogP contribution in [0.1, 0.15) is 47.0 Å². The molecule has 0 aliphatic carbocycles. The Morgan fingerprint density at radius 3 is 2.71 bits per heavy atom. The lowest BCUT2D eigenvalue weighted by atomic mass is 10.0. The van der Waals surface area contributed by atoms with Crippen LogP contribution in [0.15, 0.2) is 4.99 Å². The maximum atomic E-state index is 4.75. The van der Waals surface area contributed by atoms with E-state index in [0.717, 1.165) is 18.9 Å². The van der Waals surface area contributed by atoms with Crippen molar-refractivity contribution in [2.45, 2.75) is 53.1 Å². The summed E-state index contributed by atoms with van der Waals surface area (Å²) < 4.78 is 0. The predicted molar refractivity (Wildman–Crippen MR) is 62.8 cm³/mol. The van der Waals surface area contributed by atoms with Crippen LogP contribution in [0.25, 0.3) is 0 Å². The highest BCUT2D eigenvalue weighted by atomic mass is 15.1. The Bertz CT molecular complexity index is 196. The lowest BCUT2D eigenvalue weighted by Gasteiger charge is -2.15. The van der Waals surface area contributed by atoms with Crippen molar-refractivity contribution in [3.63, 3.8) is 0 Å². The zero-order valence-corrected chi connectivity index (χ0v) is 10.0. The fourth-order valence-electron chi connectivity index (χ4n) is 2.05. The van der Waals surface area contributed by atoms with Crippen molar-refractivity contribution in [3.8, 4) is 0 Å². The highest BCUT2D eigenvalue weighted by Gasteiger charge is 2.21. The first kappa shape index (κ1) is 11.7. The van der Waals surface area contributed by atoms with E-state index in [9.17, 15) is 0 Å². The summed E-state index contributed by atoms with van der Waals surface area (Å²) in [7, 11) is 0. The molecule has 2 nitrogen and oxygen atoms in total. The van der Waals surface area contributed by atoms with E-state index in [1.807, 2.05) is 0 Å². The minimum absolute atomic E-state index is 0.392. The maximum absolute atomic E-state index is 4.75. The van der Waals surface area contributed by atoms with Crippen molar-refractivity contribution in [3.05, 3.63) is 0 Å². The Labute approximate surface area is 88.2 Å². The zero-order valence-electron chi connectivity index (χ0n) is 10.0. The Balaban J connectivity index is 2.40. The standard InChI is InChI=1S/C12H24N2/c1-5-6-10(4)12-13-8-11(14-12)7-9(2)3/h9-10,12-13H,5-8H2,1-4H3. The molecular formula is C12H24N2. The van der Waals surface area contributed by atoms with Crippen LogP contribution < -0.4 is 5.32 Å². The van der Waals surface area contributed by atoms with Gasteiger partial charge in [-0.3, -0.25) is 10.3 Å². The molecule has 0 spiro atoms. The zero-order chi connectivity index (χ0) is 10.6. The average molecular weight is 196 g/mol. The van der Waals surface area contributed by atoms with Crippen LogP contribution in [-0.2, 0) is 0 Å². The number of rotatable bonds is 5. The third-order valence-corrected chi connectivity index (χ3v) is 2.76. The molecule has 0 saturated heterocycles. The molecule has 1 aliphatic rings. The van der Waals surface area contributed by atoms with E-state index in [1.54, 1.807) is 0 Å². The molecule has 1 N–H and O–H groups in total. The van der Waals surface area contributed by atoms with Gasteiger partial charge in [0.1, 0.15) is 6.17 Å². The minimum atomic E-state index is 0.392. The molecule has 0 radical (unpaired) electrons. The summed E-state index contributed by atoms with van der Waals surface area (Å²) in [5, 5.41) is 3.49. The fourth-order valence-corrected chi connectivity index (χ4v) is 2.05. The first-order valence-electron chi connectivity index (χ1n) is 5.92. The lowest BCUT2D eigenvalue weighted by Crippen LogP contribution is -2.29. The van der Waals surface area contributed by atoms with Gasteiger partial charge in [-0.1, -0.05) is 34.1 Å². The van der Waals surface area contributed by atoms with Crippen LogP contribution in [0, 0.1) is 11.8 Å². The summed E-state index contributed by atoms with van der Waals surface area (Å²) in [5.74, 6) is 1.42. The summed E-state index contributed by atoms with van der Waals surface area (Å²) in [5.41, 5.74) is 1.37. The molecule has 0 fully saturated rings. The third-order valence-electron chi connectivity index (χ3n) is 2.76. The Morgan fingerprint density at radius 2 is 2.14 bits per heavy atom. The summed E-state index contributed by atoms with van der Waals surface area (Å²) in [4.78, 5) is 4.75. The minimum Gasteiger partial charge on any atom is -0.290 e.